The Morgan fingerprint density at radius 2 is 1.74 bits per heavy atom. The fraction of sp³-hybridized carbons (Fsp3) is 0.424. The second-order valence-electron chi connectivity index (χ2n) is 11.1. The molecule has 1 unspecified atom stereocenters. The highest BCUT2D eigenvalue weighted by molar-refractivity contribution is 6.05. The normalized spacial score (nSPS) is 29.3. The van der Waals surface area contributed by atoms with Gasteiger partial charge in [-0.15, -0.1) is 0 Å². The minimum atomic E-state index is -1.41. The molecular weight excluding hydrogens is 534 g/mol. The fourth-order valence-electron chi connectivity index (χ4n) is 7.08. The van der Waals surface area contributed by atoms with E-state index in [0.29, 0.717) is 17.7 Å². The van der Waals surface area contributed by atoms with Crippen LogP contribution >= 0.6 is 0 Å². The number of nitrogens with zero attached hydrogens (tertiary/aromatic N) is 3. The van der Waals surface area contributed by atoms with Crippen LogP contribution in [0.25, 0.3) is 0 Å². The van der Waals surface area contributed by atoms with Crippen LogP contribution in [-0.4, -0.2) is 78.4 Å². The van der Waals surface area contributed by atoms with Crippen molar-refractivity contribution in [3.8, 4) is 0 Å². The van der Waals surface area contributed by atoms with Crippen molar-refractivity contribution in [2.24, 2.45) is 11.8 Å². The van der Waals surface area contributed by atoms with E-state index in [1.54, 1.807) is 11.0 Å². The van der Waals surface area contributed by atoms with Gasteiger partial charge in [-0.25, -0.2) is 0 Å². The van der Waals surface area contributed by atoms with E-state index in [4.69, 9.17) is 9.47 Å². The standard InChI is InChI=1S/C33H37N3O6/c1-3-34(4-2)23-14-16-24(17-15-23)35-19-10-18-33-28(27-26(42-33)13-8-9-20-41-32(27)40)30(38)36(29(33)31(35)39)25(21-37)22-11-6-5-7-12-22/h5-8,10-18,25-29,37H,3-4,9,19-21H2,1-2H3/t25-,26+,27-,28+,29?,33+/m1/s1. The summed E-state index contributed by atoms with van der Waals surface area (Å²) in [5.41, 5.74) is 1.03. The monoisotopic (exact) mass is 571 g/mol. The molecule has 2 fully saturated rings. The van der Waals surface area contributed by atoms with E-state index >= 15 is 0 Å². The van der Waals surface area contributed by atoms with Gasteiger partial charge >= 0.3 is 5.97 Å². The van der Waals surface area contributed by atoms with E-state index in [-0.39, 0.29) is 19.1 Å². The molecule has 9 nitrogen and oxygen atoms in total. The molecule has 4 aliphatic heterocycles. The first-order chi connectivity index (χ1) is 20.4. The van der Waals surface area contributed by atoms with Gasteiger partial charge in [-0.2, -0.15) is 0 Å². The van der Waals surface area contributed by atoms with Crippen molar-refractivity contribution in [1.82, 2.24) is 4.90 Å². The molecule has 42 heavy (non-hydrogen) atoms. The Bertz CT molecular complexity index is 1390. The van der Waals surface area contributed by atoms with Crippen LogP contribution in [0.4, 0.5) is 11.4 Å². The van der Waals surface area contributed by atoms with Gasteiger partial charge in [-0.1, -0.05) is 54.6 Å². The molecule has 2 amide bonds. The second-order valence-corrected chi connectivity index (χ2v) is 11.1. The van der Waals surface area contributed by atoms with Crippen molar-refractivity contribution >= 4 is 29.2 Å². The number of likely N-dealkylation sites (tertiary alicyclic amines) is 1. The number of cyclic esters (lactones) is 1. The fourth-order valence-corrected chi connectivity index (χ4v) is 7.08. The number of esters is 1. The number of aliphatic hydroxyl groups is 1. The molecule has 6 atom stereocenters. The summed E-state index contributed by atoms with van der Waals surface area (Å²) in [7, 11) is 0. The number of amides is 2. The number of aliphatic hydroxyl groups excluding tert-OH is 1. The molecule has 0 aliphatic carbocycles. The van der Waals surface area contributed by atoms with Gasteiger partial charge in [-0.05, 0) is 50.1 Å². The molecule has 2 aromatic rings. The molecule has 0 bridgehead atoms. The van der Waals surface area contributed by atoms with Gasteiger partial charge in [0.05, 0.1) is 31.3 Å². The number of hydrogen-bond acceptors (Lipinski definition) is 7. The van der Waals surface area contributed by atoms with E-state index in [9.17, 15) is 19.5 Å². The Labute approximate surface area is 246 Å². The number of carbonyl (C=O) groups excluding carboxylic acids is 3. The summed E-state index contributed by atoms with van der Waals surface area (Å²) >= 11 is 0. The molecule has 2 saturated heterocycles. The Hall–Kier alpha value is -3.95. The molecule has 4 aliphatic rings. The lowest BCUT2D eigenvalue weighted by molar-refractivity contribution is -0.155. The summed E-state index contributed by atoms with van der Waals surface area (Å²) in [6, 6.07) is 15.1. The van der Waals surface area contributed by atoms with E-state index in [2.05, 4.69) is 18.7 Å². The number of anilines is 2. The van der Waals surface area contributed by atoms with Crippen LogP contribution in [0.3, 0.4) is 0 Å². The highest BCUT2D eigenvalue weighted by Crippen LogP contribution is 2.55. The highest BCUT2D eigenvalue weighted by Gasteiger charge is 2.72. The SMILES string of the molecule is CCN(CC)c1ccc(N2CC=C[C@]34O[C@H]5C=CCCOC(=O)[C@H]5[C@H]3C(=O)N([C@H](CO)c3ccccc3)C4C2=O)cc1. The Morgan fingerprint density at radius 3 is 2.43 bits per heavy atom. The number of ether oxygens (including phenoxy) is 2. The lowest BCUT2D eigenvalue weighted by Crippen LogP contribution is -2.56. The summed E-state index contributed by atoms with van der Waals surface area (Å²) in [5.74, 6) is -3.13. The summed E-state index contributed by atoms with van der Waals surface area (Å²) in [4.78, 5) is 47.9. The summed E-state index contributed by atoms with van der Waals surface area (Å²) < 4.78 is 12.2. The molecule has 4 heterocycles. The van der Waals surface area contributed by atoms with Crippen molar-refractivity contribution in [2.75, 3.05) is 42.6 Å². The maximum absolute atomic E-state index is 14.7. The molecule has 6 rings (SSSR count). The zero-order chi connectivity index (χ0) is 29.4. The van der Waals surface area contributed by atoms with Crippen LogP contribution in [0, 0.1) is 11.8 Å². The van der Waals surface area contributed by atoms with Gasteiger partial charge in [0, 0.05) is 31.0 Å². The molecular formula is C33H37N3O6. The van der Waals surface area contributed by atoms with Gasteiger partial charge in [0.15, 0.2) is 0 Å². The molecule has 9 heteroatoms. The molecule has 1 N–H and O–H groups in total. The van der Waals surface area contributed by atoms with Gasteiger partial charge in [0.1, 0.15) is 17.6 Å². The third-order valence-electron chi connectivity index (χ3n) is 9.04. The molecule has 2 aromatic carbocycles. The molecule has 0 aromatic heterocycles. The third kappa shape index (κ3) is 4.42. The smallest absolute Gasteiger partial charge is 0.312 e. The topological polar surface area (TPSA) is 99.6 Å². The largest absolute Gasteiger partial charge is 0.465 e. The van der Waals surface area contributed by atoms with Crippen LogP contribution in [0.5, 0.6) is 0 Å². The van der Waals surface area contributed by atoms with Crippen LogP contribution in [0.2, 0.25) is 0 Å². The van der Waals surface area contributed by atoms with Crippen molar-refractivity contribution in [1.29, 1.82) is 0 Å². The molecule has 0 saturated carbocycles. The Kier molecular flexibility index (Phi) is 7.64. The quantitative estimate of drug-likeness (QED) is 0.402. The highest BCUT2D eigenvalue weighted by atomic mass is 16.6. The lowest BCUT2D eigenvalue weighted by Gasteiger charge is -2.38. The number of rotatable bonds is 7. The van der Waals surface area contributed by atoms with Gasteiger partial charge < -0.3 is 29.3 Å². The van der Waals surface area contributed by atoms with Crippen molar-refractivity contribution in [2.45, 2.75) is 44.1 Å². The van der Waals surface area contributed by atoms with Gasteiger partial charge in [0.25, 0.3) is 5.91 Å². The zero-order valence-corrected chi connectivity index (χ0v) is 24.0. The zero-order valence-electron chi connectivity index (χ0n) is 24.0. The summed E-state index contributed by atoms with van der Waals surface area (Å²) in [6.45, 7) is 6.01. The number of hydrogen-bond donors (Lipinski definition) is 1. The van der Waals surface area contributed by atoms with Gasteiger partial charge in [0.2, 0.25) is 5.91 Å². The molecule has 1 spiro atoms. The first kappa shape index (κ1) is 28.2. The predicted molar refractivity (Wildman–Crippen MR) is 158 cm³/mol. The Morgan fingerprint density at radius 1 is 1.00 bits per heavy atom. The lowest BCUT2D eigenvalue weighted by atomic mass is 9.77. The van der Waals surface area contributed by atoms with Crippen molar-refractivity contribution in [3.63, 3.8) is 0 Å². The number of fused-ring (bicyclic) bond motifs is 2. The van der Waals surface area contributed by atoms with Crippen molar-refractivity contribution < 1.29 is 29.0 Å². The minimum Gasteiger partial charge on any atom is -0.465 e. The molecule has 0 radical (unpaired) electrons. The van der Waals surface area contributed by atoms with E-state index < -0.39 is 54.1 Å². The summed E-state index contributed by atoms with van der Waals surface area (Å²) in [5, 5.41) is 10.7. The predicted octanol–water partition coefficient (Wildman–Crippen LogP) is 3.25. The minimum absolute atomic E-state index is 0.217. The maximum Gasteiger partial charge on any atom is 0.312 e. The maximum atomic E-state index is 14.7. The first-order valence-electron chi connectivity index (χ1n) is 14.8. The molecule has 220 valence electrons. The first-order valence-corrected chi connectivity index (χ1v) is 14.8. The van der Waals surface area contributed by atoms with E-state index in [0.717, 1.165) is 18.8 Å². The van der Waals surface area contributed by atoms with E-state index in [1.165, 1.54) is 4.90 Å². The van der Waals surface area contributed by atoms with Crippen LogP contribution in [0.1, 0.15) is 31.9 Å². The number of benzene rings is 2. The average Bonchev–Trinajstić information content (AvgIpc) is 3.38. The van der Waals surface area contributed by atoms with Crippen LogP contribution in [-0.2, 0) is 23.9 Å². The summed E-state index contributed by atoms with van der Waals surface area (Å²) in [6.07, 6.45) is 7.20. The second kappa shape index (κ2) is 11.4. The van der Waals surface area contributed by atoms with Crippen molar-refractivity contribution in [3.05, 3.63) is 84.5 Å². The Balaban J connectivity index is 1.46. The van der Waals surface area contributed by atoms with Gasteiger partial charge in [-0.3, -0.25) is 14.4 Å². The van der Waals surface area contributed by atoms with Crippen LogP contribution < -0.4 is 9.80 Å². The van der Waals surface area contributed by atoms with Crippen LogP contribution in [0.15, 0.2) is 78.9 Å². The third-order valence-corrected chi connectivity index (χ3v) is 9.04. The average molecular weight is 572 g/mol. The number of carbonyl (C=O) groups is 3. The van der Waals surface area contributed by atoms with E-state index in [1.807, 2.05) is 72.8 Å².